The highest BCUT2D eigenvalue weighted by Crippen LogP contribution is 2.42. The number of hydrogen-bond donors (Lipinski definition) is 3. The van der Waals surface area contributed by atoms with Gasteiger partial charge in [0, 0.05) is 13.0 Å². The van der Waals surface area contributed by atoms with E-state index in [9.17, 15) is 14.7 Å². The fraction of sp³-hybridized carbons (Fsp3) is 0.875. The van der Waals surface area contributed by atoms with Crippen molar-refractivity contribution in [2.24, 2.45) is 11.3 Å². The molecule has 0 heterocycles. The Morgan fingerprint density at radius 1 is 1.10 bits per heavy atom. The Kier molecular flexibility index (Phi) is 5.62. The van der Waals surface area contributed by atoms with Gasteiger partial charge < -0.3 is 15.5 Å². The predicted molar refractivity (Wildman–Crippen MR) is 78.7 cm³/mol. The van der Waals surface area contributed by atoms with Crippen LogP contribution in [-0.2, 0) is 9.59 Å². The van der Waals surface area contributed by atoms with E-state index in [1.54, 1.807) is 0 Å². The van der Waals surface area contributed by atoms with Gasteiger partial charge in [-0.3, -0.25) is 9.59 Å². The monoisotopic (exact) mass is 297 g/mol. The van der Waals surface area contributed by atoms with Crippen molar-refractivity contribution in [2.75, 3.05) is 6.54 Å². The molecule has 0 saturated heterocycles. The molecule has 0 radical (unpaired) electrons. The summed E-state index contributed by atoms with van der Waals surface area (Å²) in [5.41, 5.74) is -0.344. The van der Waals surface area contributed by atoms with Gasteiger partial charge in [-0.25, -0.2) is 0 Å². The van der Waals surface area contributed by atoms with Crippen LogP contribution < -0.4 is 5.32 Å². The van der Waals surface area contributed by atoms with Crippen LogP contribution in [0.2, 0.25) is 0 Å². The minimum absolute atomic E-state index is 0.0282. The first-order valence-electron chi connectivity index (χ1n) is 8.16. The zero-order valence-corrected chi connectivity index (χ0v) is 12.6. The van der Waals surface area contributed by atoms with Crippen molar-refractivity contribution in [1.82, 2.24) is 5.32 Å². The zero-order chi connectivity index (χ0) is 15.3. The molecule has 0 bridgehead atoms. The summed E-state index contributed by atoms with van der Waals surface area (Å²) >= 11 is 0. The fourth-order valence-corrected chi connectivity index (χ4v) is 3.93. The molecule has 2 fully saturated rings. The number of carboxylic acid groups (broad SMARTS) is 1. The number of carbonyl (C=O) groups is 2. The van der Waals surface area contributed by atoms with Crippen LogP contribution in [0, 0.1) is 11.3 Å². The lowest BCUT2D eigenvalue weighted by molar-refractivity contribution is -0.141. The molecule has 2 atom stereocenters. The molecular formula is C16H27NO4. The summed E-state index contributed by atoms with van der Waals surface area (Å²) in [4.78, 5) is 23.3. The smallest absolute Gasteiger partial charge is 0.303 e. The molecule has 0 aromatic carbocycles. The Bertz CT molecular complexity index is 376. The van der Waals surface area contributed by atoms with E-state index < -0.39 is 5.97 Å². The lowest BCUT2D eigenvalue weighted by atomic mass is 9.69. The Labute approximate surface area is 126 Å². The summed E-state index contributed by atoms with van der Waals surface area (Å²) in [6.07, 6.45) is 7.63. The maximum absolute atomic E-state index is 12.2. The van der Waals surface area contributed by atoms with Crippen LogP contribution in [0.15, 0.2) is 0 Å². The number of rotatable bonds is 6. The van der Waals surface area contributed by atoms with Gasteiger partial charge in [-0.15, -0.1) is 0 Å². The van der Waals surface area contributed by atoms with Crippen molar-refractivity contribution >= 4 is 11.9 Å². The molecule has 0 aromatic rings. The predicted octanol–water partition coefficient (Wildman–Crippen LogP) is 2.08. The first kappa shape index (κ1) is 16.3. The standard InChI is InChI=1S/C16H27NO4/c18-13-5-4-12(8-13)11-17-14(19)9-16(10-15(20)21)6-2-1-3-7-16/h12-13,18H,1-11H2,(H,17,19)(H,20,21). The number of nitrogens with one attached hydrogen (secondary N) is 1. The second kappa shape index (κ2) is 7.25. The Morgan fingerprint density at radius 3 is 2.38 bits per heavy atom. The number of aliphatic hydroxyl groups excluding tert-OH is 1. The normalized spacial score (nSPS) is 28.2. The second-order valence-corrected chi connectivity index (χ2v) is 6.94. The third kappa shape index (κ3) is 4.99. The van der Waals surface area contributed by atoms with Crippen molar-refractivity contribution in [3.8, 4) is 0 Å². The van der Waals surface area contributed by atoms with Crippen molar-refractivity contribution in [1.29, 1.82) is 0 Å². The number of amides is 1. The summed E-state index contributed by atoms with van der Waals surface area (Å²) < 4.78 is 0. The topological polar surface area (TPSA) is 86.6 Å². The molecule has 2 saturated carbocycles. The number of carboxylic acids is 1. The molecule has 1 amide bonds. The van der Waals surface area contributed by atoms with E-state index in [1.165, 1.54) is 0 Å². The average Bonchev–Trinajstić information content (AvgIpc) is 2.82. The summed E-state index contributed by atoms with van der Waals surface area (Å²) in [5, 5.41) is 21.6. The van der Waals surface area contributed by atoms with E-state index in [4.69, 9.17) is 5.11 Å². The summed E-state index contributed by atoms with van der Waals surface area (Å²) in [6.45, 7) is 0.610. The molecule has 0 spiro atoms. The third-order valence-electron chi connectivity index (χ3n) is 5.08. The van der Waals surface area contributed by atoms with E-state index in [0.717, 1.165) is 51.4 Å². The number of carbonyl (C=O) groups excluding carboxylic acids is 1. The van der Waals surface area contributed by atoms with Crippen LogP contribution in [0.4, 0.5) is 0 Å². The highest BCUT2D eigenvalue weighted by atomic mass is 16.4. The van der Waals surface area contributed by atoms with Crippen LogP contribution in [0.5, 0.6) is 0 Å². The first-order chi connectivity index (χ1) is 9.99. The molecule has 2 aliphatic rings. The minimum atomic E-state index is -0.802. The lowest BCUT2D eigenvalue weighted by Gasteiger charge is -2.35. The zero-order valence-electron chi connectivity index (χ0n) is 12.6. The molecule has 2 unspecified atom stereocenters. The van der Waals surface area contributed by atoms with Gasteiger partial charge >= 0.3 is 5.97 Å². The number of aliphatic hydroxyl groups is 1. The van der Waals surface area contributed by atoms with Gasteiger partial charge in [0.15, 0.2) is 0 Å². The van der Waals surface area contributed by atoms with E-state index >= 15 is 0 Å². The van der Waals surface area contributed by atoms with E-state index in [0.29, 0.717) is 18.9 Å². The number of hydrogen-bond acceptors (Lipinski definition) is 3. The maximum atomic E-state index is 12.2. The highest BCUT2D eigenvalue weighted by molar-refractivity contribution is 5.78. The van der Waals surface area contributed by atoms with Gasteiger partial charge in [0.2, 0.25) is 5.91 Å². The van der Waals surface area contributed by atoms with Crippen LogP contribution in [-0.4, -0.2) is 34.7 Å². The van der Waals surface area contributed by atoms with Crippen molar-refractivity contribution in [2.45, 2.75) is 70.3 Å². The minimum Gasteiger partial charge on any atom is -0.481 e. The summed E-state index contributed by atoms with van der Waals surface area (Å²) in [6, 6.07) is 0. The SMILES string of the molecule is O=C(O)CC1(CC(=O)NCC2CCC(O)C2)CCCCC1. The van der Waals surface area contributed by atoms with Gasteiger partial charge in [0.25, 0.3) is 0 Å². The Balaban J connectivity index is 1.81. The van der Waals surface area contributed by atoms with Gasteiger partial charge in [-0.05, 0) is 43.4 Å². The van der Waals surface area contributed by atoms with E-state index in [1.807, 2.05) is 0 Å². The highest BCUT2D eigenvalue weighted by Gasteiger charge is 2.36. The van der Waals surface area contributed by atoms with Gasteiger partial charge in [0.05, 0.1) is 12.5 Å². The van der Waals surface area contributed by atoms with Gasteiger partial charge in [-0.1, -0.05) is 19.3 Å². The lowest BCUT2D eigenvalue weighted by Crippen LogP contribution is -2.36. The molecule has 0 aromatic heterocycles. The van der Waals surface area contributed by atoms with E-state index in [-0.39, 0.29) is 23.8 Å². The average molecular weight is 297 g/mol. The van der Waals surface area contributed by atoms with Gasteiger partial charge in [0.1, 0.15) is 0 Å². The molecule has 2 rings (SSSR count). The molecule has 5 heteroatoms. The quantitative estimate of drug-likeness (QED) is 0.700. The second-order valence-electron chi connectivity index (χ2n) is 6.94. The molecule has 3 N–H and O–H groups in total. The van der Waals surface area contributed by atoms with Crippen LogP contribution in [0.3, 0.4) is 0 Å². The Morgan fingerprint density at radius 2 is 1.81 bits per heavy atom. The molecular weight excluding hydrogens is 270 g/mol. The molecule has 2 aliphatic carbocycles. The third-order valence-corrected chi connectivity index (χ3v) is 5.08. The molecule has 0 aliphatic heterocycles. The van der Waals surface area contributed by atoms with Crippen LogP contribution >= 0.6 is 0 Å². The number of aliphatic carboxylic acids is 1. The largest absolute Gasteiger partial charge is 0.481 e. The molecule has 5 nitrogen and oxygen atoms in total. The maximum Gasteiger partial charge on any atom is 0.303 e. The van der Waals surface area contributed by atoms with Crippen LogP contribution in [0.1, 0.15) is 64.2 Å². The van der Waals surface area contributed by atoms with Crippen molar-refractivity contribution in [3.05, 3.63) is 0 Å². The molecule has 21 heavy (non-hydrogen) atoms. The van der Waals surface area contributed by atoms with Gasteiger partial charge in [-0.2, -0.15) is 0 Å². The molecule has 120 valence electrons. The fourth-order valence-electron chi connectivity index (χ4n) is 3.93. The summed E-state index contributed by atoms with van der Waals surface area (Å²) in [7, 11) is 0. The summed E-state index contributed by atoms with van der Waals surface area (Å²) in [5.74, 6) is -0.464. The van der Waals surface area contributed by atoms with Crippen LogP contribution in [0.25, 0.3) is 0 Å². The van der Waals surface area contributed by atoms with Crippen molar-refractivity contribution in [3.63, 3.8) is 0 Å². The Hall–Kier alpha value is -1.10. The van der Waals surface area contributed by atoms with Crippen molar-refractivity contribution < 1.29 is 19.8 Å². The first-order valence-corrected chi connectivity index (χ1v) is 8.16. The van der Waals surface area contributed by atoms with E-state index in [2.05, 4.69) is 5.32 Å².